The molecule has 2 amide bonds. The molecular formula is C11H18N2O3. The van der Waals surface area contributed by atoms with Gasteiger partial charge >= 0.3 is 0 Å². The molecule has 3 N–H and O–H groups in total. The third-order valence-corrected chi connectivity index (χ3v) is 3.93. The minimum Gasteiger partial charge on any atom is -0.394 e. The summed E-state index contributed by atoms with van der Waals surface area (Å²) >= 11 is 0. The largest absolute Gasteiger partial charge is 0.394 e. The van der Waals surface area contributed by atoms with Crippen LogP contribution in [0.1, 0.15) is 32.1 Å². The summed E-state index contributed by atoms with van der Waals surface area (Å²) < 4.78 is 0. The fraction of sp³-hybridized carbons (Fsp3) is 0.818. The summed E-state index contributed by atoms with van der Waals surface area (Å²) in [5.41, 5.74) is 4.81. The Morgan fingerprint density at radius 2 is 2.12 bits per heavy atom. The van der Waals surface area contributed by atoms with Crippen LogP contribution < -0.4 is 5.73 Å². The second-order valence-electron chi connectivity index (χ2n) is 4.90. The van der Waals surface area contributed by atoms with Crippen molar-refractivity contribution in [3.05, 3.63) is 0 Å². The molecule has 1 heterocycles. The van der Waals surface area contributed by atoms with E-state index in [0.717, 1.165) is 25.7 Å². The van der Waals surface area contributed by atoms with Crippen LogP contribution >= 0.6 is 0 Å². The van der Waals surface area contributed by atoms with Gasteiger partial charge in [0.05, 0.1) is 18.1 Å². The number of nitrogens with two attached hydrogens (primary N) is 1. The first-order valence-electron chi connectivity index (χ1n) is 5.80. The first-order valence-corrected chi connectivity index (χ1v) is 5.80. The number of hydrogen-bond acceptors (Lipinski definition) is 3. The zero-order valence-corrected chi connectivity index (χ0v) is 9.32. The maximum absolute atomic E-state index is 11.8. The molecule has 0 bridgehead atoms. The van der Waals surface area contributed by atoms with E-state index < -0.39 is 11.4 Å². The lowest BCUT2D eigenvalue weighted by molar-refractivity contribution is -0.134. The third-order valence-electron chi connectivity index (χ3n) is 3.93. The van der Waals surface area contributed by atoms with Gasteiger partial charge in [-0.25, -0.2) is 0 Å². The number of primary amides is 1. The molecule has 0 spiro atoms. The molecule has 1 aliphatic carbocycles. The van der Waals surface area contributed by atoms with E-state index in [1.165, 1.54) is 0 Å². The maximum atomic E-state index is 11.8. The van der Waals surface area contributed by atoms with Gasteiger partial charge in [0.2, 0.25) is 11.8 Å². The Bertz CT molecular complexity index is 310. The zero-order chi connectivity index (χ0) is 11.8. The molecule has 1 aliphatic heterocycles. The molecule has 0 aromatic heterocycles. The van der Waals surface area contributed by atoms with Crippen LogP contribution in [0.5, 0.6) is 0 Å². The maximum Gasteiger partial charge on any atom is 0.224 e. The van der Waals surface area contributed by atoms with E-state index in [2.05, 4.69) is 0 Å². The first kappa shape index (κ1) is 11.4. The molecule has 5 nitrogen and oxygen atoms in total. The highest BCUT2D eigenvalue weighted by molar-refractivity contribution is 5.88. The van der Waals surface area contributed by atoms with Gasteiger partial charge < -0.3 is 15.7 Å². The predicted molar refractivity (Wildman–Crippen MR) is 57.3 cm³/mol. The van der Waals surface area contributed by atoms with Crippen molar-refractivity contribution >= 4 is 11.8 Å². The van der Waals surface area contributed by atoms with E-state index in [1.807, 2.05) is 0 Å². The zero-order valence-electron chi connectivity index (χ0n) is 9.32. The van der Waals surface area contributed by atoms with E-state index in [0.29, 0.717) is 6.54 Å². The number of aliphatic hydroxyl groups is 1. The van der Waals surface area contributed by atoms with Crippen molar-refractivity contribution in [3.8, 4) is 0 Å². The second kappa shape index (κ2) is 4.05. The molecule has 1 unspecified atom stereocenters. The standard InChI is InChI=1S/C11H18N2O3/c12-10(16)8-5-9(15)13(6-8)11(7-14)3-1-2-4-11/h8,14H,1-7H2,(H2,12,16). The smallest absolute Gasteiger partial charge is 0.224 e. The quantitative estimate of drug-likeness (QED) is 0.688. The van der Waals surface area contributed by atoms with Crippen molar-refractivity contribution in [1.29, 1.82) is 0 Å². The molecule has 2 aliphatic rings. The van der Waals surface area contributed by atoms with E-state index in [9.17, 15) is 14.7 Å². The average molecular weight is 226 g/mol. The summed E-state index contributed by atoms with van der Waals surface area (Å²) in [6.45, 7) is 0.374. The Morgan fingerprint density at radius 1 is 1.50 bits per heavy atom. The van der Waals surface area contributed by atoms with Crippen LogP contribution in [0.25, 0.3) is 0 Å². The fourth-order valence-corrected chi connectivity index (χ4v) is 2.90. The average Bonchev–Trinajstić information content (AvgIpc) is 2.84. The van der Waals surface area contributed by atoms with Gasteiger partial charge in [-0.15, -0.1) is 0 Å². The molecule has 2 fully saturated rings. The number of carbonyl (C=O) groups excluding carboxylic acids is 2. The predicted octanol–water partition coefficient (Wildman–Crippen LogP) is -0.375. The SMILES string of the molecule is NC(=O)C1CC(=O)N(C2(CO)CCCC2)C1. The molecular weight excluding hydrogens is 208 g/mol. The highest BCUT2D eigenvalue weighted by atomic mass is 16.3. The molecule has 2 rings (SSSR count). The Morgan fingerprint density at radius 3 is 2.56 bits per heavy atom. The highest BCUT2D eigenvalue weighted by Gasteiger charge is 2.46. The number of amides is 2. The molecule has 1 saturated carbocycles. The minimum atomic E-state index is -0.415. The van der Waals surface area contributed by atoms with Gasteiger partial charge in [-0.05, 0) is 12.8 Å². The summed E-state index contributed by atoms with van der Waals surface area (Å²) in [5, 5.41) is 9.51. The molecule has 16 heavy (non-hydrogen) atoms. The highest BCUT2D eigenvalue weighted by Crippen LogP contribution is 2.38. The number of hydrogen-bond donors (Lipinski definition) is 2. The van der Waals surface area contributed by atoms with Gasteiger partial charge in [0.1, 0.15) is 0 Å². The topological polar surface area (TPSA) is 83.6 Å². The van der Waals surface area contributed by atoms with Crippen LogP contribution in [0.3, 0.4) is 0 Å². The van der Waals surface area contributed by atoms with Gasteiger partial charge in [-0.3, -0.25) is 9.59 Å². The molecule has 0 radical (unpaired) electrons. The van der Waals surface area contributed by atoms with Crippen LogP contribution in [0.2, 0.25) is 0 Å². The van der Waals surface area contributed by atoms with Crippen molar-refractivity contribution < 1.29 is 14.7 Å². The number of carbonyl (C=O) groups is 2. The van der Waals surface area contributed by atoms with Gasteiger partial charge in [0, 0.05) is 13.0 Å². The van der Waals surface area contributed by atoms with E-state index in [1.54, 1.807) is 4.90 Å². The van der Waals surface area contributed by atoms with Crippen LogP contribution in [-0.4, -0.2) is 40.5 Å². The molecule has 5 heteroatoms. The van der Waals surface area contributed by atoms with Crippen molar-refractivity contribution in [3.63, 3.8) is 0 Å². The Hall–Kier alpha value is -1.10. The summed E-state index contributed by atoms with van der Waals surface area (Å²) in [6, 6.07) is 0. The molecule has 90 valence electrons. The molecule has 0 aromatic carbocycles. The van der Waals surface area contributed by atoms with Crippen molar-refractivity contribution in [2.75, 3.05) is 13.2 Å². The number of nitrogens with zero attached hydrogens (tertiary/aromatic N) is 1. The van der Waals surface area contributed by atoms with Crippen molar-refractivity contribution in [1.82, 2.24) is 4.90 Å². The van der Waals surface area contributed by atoms with Crippen LogP contribution in [0.4, 0.5) is 0 Å². The first-order chi connectivity index (χ1) is 7.59. The minimum absolute atomic E-state index is 0.00970. The van der Waals surface area contributed by atoms with Gasteiger partial charge in [0.25, 0.3) is 0 Å². The van der Waals surface area contributed by atoms with Crippen LogP contribution in [0.15, 0.2) is 0 Å². The number of rotatable bonds is 3. The van der Waals surface area contributed by atoms with Gasteiger partial charge in [0.15, 0.2) is 0 Å². The molecule has 1 atom stereocenters. The molecule has 0 aromatic rings. The summed E-state index contributed by atoms with van der Waals surface area (Å²) in [5.74, 6) is -0.835. The third kappa shape index (κ3) is 1.69. The summed E-state index contributed by atoms with van der Waals surface area (Å²) in [7, 11) is 0. The van der Waals surface area contributed by atoms with E-state index >= 15 is 0 Å². The summed E-state index contributed by atoms with van der Waals surface area (Å²) in [4.78, 5) is 24.6. The number of aliphatic hydroxyl groups excluding tert-OH is 1. The lowest BCUT2D eigenvalue weighted by Crippen LogP contribution is -2.50. The second-order valence-corrected chi connectivity index (χ2v) is 4.90. The Labute approximate surface area is 94.6 Å². The Kier molecular flexibility index (Phi) is 2.88. The van der Waals surface area contributed by atoms with E-state index in [-0.39, 0.29) is 24.9 Å². The van der Waals surface area contributed by atoms with Crippen molar-refractivity contribution in [2.45, 2.75) is 37.6 Å². The van der Waals surface area contributed by atoms with Crippen molar-refractivity contribution in [2.24, 2.45) is 11.7 Å². The van der Waals surface area contributed by atoms with Gasteiger partial charge in [-0.1, -0.05) is 12.8 Å². The monoisotopic (exact) mass is 226 g/mol. The lowest BCUT2D eigenvalue weighted by Gasteiger charge is -2.37. The number of likely N-dealkylation sites (tertiary alicyclic amines) is 1. The fourth-order valence-electron chi connectivity index (χ4n) is 2.90. The summed E-state index contributed by atoms with van der Waals surface area (Å²) in [6.07, 6.45) is 3.94. The molecule has 1 saturated heterocycles. The lowest BCUT2D eigenvalue weighted by atomic mass is 9.96. The van der Waals surface area contributed by atoms with Crippen LogP contribution in [-0.2, 0) is 9.59 Å². The van der Waals surface area contributed by atoms with E-state index in [4.69, 9.17) is 5.73 Å². The van der Waals surface area contributed by atoms with Crippen LogP contribution in [0, 0.1) is 5.92 Å². The normalized spacial score (nSPS) is 28.7. The Balaban J connectivity index is 2.15. The van der Waals surface area contributed by atoms with Gasteiger partial charge in [-0.2, -0.15) is 0 Å².